The minimum absolute atomic E-state index is 0.0780. The third-order valence-electron chi connectivity index (χ3n) is 4.97. The van der Waals surface area contributed by atoms with Crippen LogP contribution in [0.25, 0.3) is 0 Å². The largest absolute Gasteiger partial charge is 0.352 e. The van der Waals surface area contributed by atoms with Gasteiger partial charge in [-0.15, -0.1) is 10.2 Å². The first kappa shape index (κ1) is 21.8. The molecule has 0 spiro atoms. The molecule has 0 bridgehead atoms. The van der Waals surface area contributed by atoms with Crippen molar-refractivity contribution in [3.63, 3.8) is 0 Å². The number of hydrogen-bond acceptors (Lipinski definition) is 7. The van der Waals surface area contributed by atoms with Gasteiger partial charge in [-0.1, -0.05) is 29.3 Å². The summed E-state index contributed by atoms with van der Waals surface area (Å²) in [7, 11) is -3.72. The van der Waals surface area contributed by atoms with Crippen LogP contribution in [0.1, 0.15) is 5.56 Å². The molecule has 0 atom stereocenters. The predicted octanol–water partition coefficient (Wildman–Crippen LogP) is 3.74. The standard InChI is InChI=1S/C20H20Cl2N6O2S/c1-14-12-17(16(22)13-15(14)21)31(29,30)28-10-8-27(9-11-28)20-6-5-19(25-26-20)24-18-4-2-3-7-23-18/h2-7,12-13H,8-11H2,1H3,(H,23,24,25). The summed E-state index contributed by atoms with van der Waals surface area (Å²) >= 11 is 12.2. The first-order valence-electron chi connectivity index (χ1n) is 9.57. The Morgan fingerprint density at radius 1 is 0.935 bits per heavy atom. The quantitative estimate of drug-likeness (QED) is 0.596. The second-order valence-electron chi connectivity index (χ2n) is 7.04. The first-order valence-corrected chi connectivity index (χ1v) is 11.8. The van der Waals surface area contributed by atoms with E-state index in [0.717, 1.165) is 0 Å². The highest BCUT2D eigenvalue weighted by molar-refractivity contribution is 7.89. The number of benzene rings is 1. The van der Waals surface area contributed by atoms with E-state index in [1.165, 1.54) is 16.4 Å². The van der Waals surface area contributed by atoms with Crippen LogP contribution in [0.5, 0.6) is 0 Å². The molecule has 1 aliphatic heterocycles. The average Bonchev–Trinajstić information content (AvgIpc) is 2.77. The molecule has 1 fully saturated rings. The maximum Gasteiger partial charge on any atom is 0.244 e. The third-order valence-corrected chi connectivity index (χ3v) is 7.74. The number of halogens is 2. The molecular weight excluding hydrogens is 459 g/mol. The molecule has 0 radical (unpaired) electrons. The zero-order valence-electron chi connectivity index (χ0n) is 16.7. The van der Waals surface area contributed by atoms with Gasteiger partial charge in [0.05, 0.1) is 5.02 Å². The van der Waals surface area contributed by atoms with E-state index in [1.807, 2.05) is 35.2 Å². The minimum Gasteiger partial charge on any atom is -0.352 e. The third kappa shape index (κ3) is 4.74. The second-order valence-corrected chi connectivity index (χ2v) is 9.76. The number of nitrogens with one attached hydrogen (secondary N) is 1. The predicted molar refractivity (Wildman–Crippen MR) is 122 cm³/mol. The van der Waals surface area contributed by atoms with Gasteiger partial charge < -0.3 is 10.2 Å². The normalized spacial score (nSPS) is 15.1. The molecule has 1 N–H and O–H groups in total. The van der Waals surface area contributed by atoms with Crippen molar-refractivity contribution >= 4 is 50.7 Å². The number of aryl methyl sites for hydroxylation is 1. The van der Waals surface area contributed by atoms with Crippen molar-refractivity contribution in [1.29, 1.82) is 0 Å². The highest BCUT2D eigenvalue weighted by Gasteiger charge is 2.31. The molecular formula is C20H20Cl2N6O2S. The fraction of sp³-hybridized carbons (Fsp3) is 0.250. The molecule has 4 rings (SSSR count). The summed E-state index contributed by atoms with van der Waals surface area (Å²) < 4.78 is 27.6. The molecule has 3 aromatic rings. The lowest BCUT2D eigenvalue weighted by molar-refractivity contribution is 0.383. The van der Waals surface area contributed by atoms with E-state index in [2.05, 4.69) is 20.5 Å². The molecule has 0 aliphatic carbocycles. The molecule has 31 heavy (non-hydrogen) atoms. The van der Waals surface area contributed by atoms with E-state index in [4.69, 9.17) is 23.2 Å². The zero-order valence-corrected chi connectivity index (χ0v) is 19.0. The maximum atomic E-state index is 13.1. The SMILES string of the molecule is Cc1cc(S(=O)(=O)N2CCN(c3ccc(Nc4ccccn4)nn3)CC2)c(Cl)cc1Cl. The summed E-state index contributed by atoms with van der Waals surface area (Å²) in [6, 6.07) is 12.2. The van der Waals surface area contributed by atoms with E-state index in [0.29, 0.717) is 54.2 Å². The number of sulfonamides is 1. The molecule has 3 heterocycles. The fourth-order valence-electron chi connectivity index (χ4n) is 3.25. The van der Waals surface area contributed by atoms with E-state index in [1.54, 1.807) is 13.1 Å². The molecule has 2 aromatic heterocycles. The smallest absolute Gasteiger partial charge is 0.244 e. The molecule has 1 aromatic carbocycles. The Morgan fingerprint density at radius 3 is 2.35 bits per heavy atom. The number of piperazine rings is 1. The number of aromatic nitrogens is 3. The van der Waals surface area contributed by atoms with Gasteiger partial charge in [-0.3, -0.25) is 0 Å². The molecule has 0 unspecified atom stereocenters. The number of hydrogen-bond donors (Lipinski definition) is 1. The van der Waals surface area contributed by atoms with Gasteiger partial charge in [0.15, 0.2) is 11.6 Å². The summed E-state index contributed by atoms with van der Waals surface area (Å²) in [4.78, 5) is 6.27. The van der Waals surface area contributed by atoms with Gasteiger partial charge in [0.1, 0.15) is 10.7 Å². The van der Waals surface area contributed by atoms with Crippen molar-refractivity contribution in [2.45, 2.75) is 11.8 Å². The Labute approximate surface area is 190 Å². The highest BCUT2D eigenvalue weighted by atomic mass is 35.5. The molecule has 1 aliphatic rings. The van der Waals surface area contributed by atoms with Crippen molar-refractivity contribution < 1.29 is 8.42 Å². The Bertz CT molecular complexity index is 1170. The summed E-state index contributed by atoms with van der Waals surface area (Å²) in [6.45, 7) is 3.36. The Morgan fingerprint density at radius 2 is 1.71 bits per heavy atom. The van der Waals surface area contributed by atoms with Crippen molar-refractivity contribution in [3.05, 3.63) is 64.3 Å². The van der Waals surface area contributed by atoms with E-state index in [-0.39, 0.29) is 9.92 Å². The second kappa shape index (κ2) is 8.96. The summed E-state index contributed by atoms with van der Waals surface area (Å²) in [5.74, 6) is 1.94. The zero-order chi connectivity index (χ0) is 22.0. The Balaban J connectivity index is 1.42. The molecule has 1 saturated heterocycles. The molecule has 11 heteroatoms. The summed E-state index contributed by atoms with van der Waals surface area (Å²) in [6.07, 6.45) is 1.69. The van der Waals surface area contributed by atoms with Crippen LogP contribution in [-0.4, -0.2) is 54.1 Å². The van der Waals surface area contributed by atoms with Crippen LogP contribution < -0.4 is 10.2 Å². The van der Waals surface area contributed by atoms with Crippen molar-refractivity contribution in [1.82, 2.24) is 19.5 Å². The van der Waals surface area contributed by atoms with Crippen LogP contribution in [-0.2, 0) is 10.0 Å². The minimum atomic E-state index is -3.72. The molecule has 0 saturated carbocycles. The summed E-state index contributed by atoms with van der Waals surface area (Å²) in [5.41, 5.74) is 0.665. The van der Waals surface area contributed by atoms with Gasteiger partial charge in [0, 0.05) is 37.4 Å². The van der Waals surface area contributed by atoms with Crippen molar-refractivity contribution in [3.8, 4) is 0 Å². The van der Waals surface area contributed by atoms with E-state index in [9.17, 15) is 8.42 Å². The van der Waals surface area contributed by atoms with Gasteiger partial charge in [0.25, 0.3) is 0 Å². The van der Waals surface area contributed by atoms with E-state index >= 15 is 0 Å². The average molecular weight is 479 g/mol. The maximum absolute atomic E-state index is 13.1. The molecule has 8 nitrogen and oxygen atoms in total. The summed E-state index contributed by atoms with van der Waals surface area (Å²) in [5, 5.41) is 12.1. The van der Waals surface area contributed by atoms with Crippen LogP contribution >= 0.6 is 23.2 Å². The monoisotopic (exact) mass is 478 g/mol. The van der Waals surface area contributed by atoms with E-state index < -0.39 is 10.0 Å². The lowest BCUT2D eigenvalue weighted by Crippen LogP contribution is -2.49. The first-order chi connectivity index (χ1) is 14.8. The number of pyridine rings is 1. The van der Waals surface area contributed by atoms with Crippen LogP contribution in [0, 0.1) is 6.92 Å². The van der Waals surface area contributed by atoms with Gasteiger partial charge in [0.2, 0.25) is 10.0 Å². The number of anilines is 3. The molecule has 0 amide bonds. The highest BCUT2D eigenvalue weighted by Crippen LogP contribution is 2.31. The van der Waals surface area contributed by atoms with Crippen LogP contribution in [0.3, 0.4) is 0 Å². The van der Waals surface area contributed by atoms with Crippen LogP contribution in [0.2, 0.25) is 10.0 Å². The van der Waals surface area contributed by atoms with Gasteiger partial charge in [-0.2, -0.15) is 4.31 Å². The Kier molecular flexibility index (Phi) is 6.29. The van der Waals surface area contributed by atoms with Crippen molar-refractivity contribution in [2.24, 2.45) is 0 Å². The van der Waals surface area contributed by atoms with Crippen LogP contribution in [0.4, 0.5) is 17.5 Å². The van der Waals surface area contributed by atoms with Gasteiger partial charge >= 0.3 is 0 Å². The molecule has 162 valence electrons. The van der Waals surface area contributed by atoms with Gasteiger partial charge in [-0.05, 0) is 48.9 Å². The van der Waals surface area contributed by atoms with Crippen LogP contribution in [0.15, 0.2) is 53.6 Å². The lowest BCUT2D eigenvalue weighted by atomic mass is 10.2. The van der Waals surface area contributed by atoms with Crippen molar-refractivity contribution in [2.75, 3.05) is 36.4 Å². The topological polar surface area (TPSA) is 91.3 Å². The fourth-order valence-corrected chi connectivity index (χ4v) is 5.48. The Hall–Kier alpha value is -2.46. The number of nitrogens with zero attached hydrogens (tertiary/aromatic N) is 5. The van der Waals surface area contributed by atoms with Gasteiger partial charge in [-0.25, -0.2) is 13.4 Å². The number of rotatable bonds is 5. The lowest BCUT2D eigenvalue weighted by Gasteiger charge is -2.34.